The molecule has 0 N–H and O–H groups in total. The van der Waals surface area contributed by atoms with E-state index >= 15 is 0 Å². The summed E-state index contributed by atoms with van der Waals surface area (Å²) in [5, 5.41) is 0. The van der Waals surface area contributed by atoms with Crippen molar-refractivity contribution < 1.29 is 0 Å². The lowest BCUT2D eigenvalue weighted by Gasteiger charge is -2.31. The predicted octanol–water partition coefficient (Wildman–Crippen LogP) is 3.84. The molecule has 0 aromatic heterocycles. The van der Waals surface area contributed by atoms with Gasteiger partial charge in [-0.2, -0.15) is 0 Å². The lowest BCUT2D eigenvalue weighted by molar-refractivity contribution is 0.378. The summed E-state index contributed by atoms with van der Waals surface area (Å²) in [6, 6.07) is 0. The second-order valence-corrected chi connectivity index (χ2v) is 4.92. The molecule has 0 aromatic carbocycles. The maximum atomic E-state index is 2.43. The Bertz CT molecular complexity index is 264. The zero-order chi connectivity index (χ0) is 8.77. The minimum Gasteiger partial charge on any atom is -0.0690 e. The minimum atomic E-state index is 0.464. The summed E-state index contributed by atoms with van der Waals surface area (Å²) >= 11 is 0. The lowest BCUT2D eigenvalue weighted by Crippen LogP contribution is -2.17. The molecule has 0 unspecified atom stereocenters. The topological polar surface area (TPSA) is 0 Å². The van der Waals surface area contributed by atoms with Gasteiger partial charge in [0.1, 0.15) is 0 Å². The van der Waals surface area contributed by atoms with Gasteiger partial charge in [0.05, 0.1) is 0 Å². The molecule has 0 heterocycles. The molecular weight excluding hydrogens is 144 g/mol. The molecule has 0 radical (unpaired) electrons. The van der Waals surface area contributed by atoms with E-state index in [1.54, 1.807) is 16.7 Å². The van der Waals surface area contributed by atoms with Crippen molar-refractivity contribution in [2.24, 2.45) is 5.41 Å². The Balaban J connectivity index is 2.37. The van der Waals surface area contributed by atoms with E-state index in [0.717, 1.165) is 0 Å². The summed E-state index contributed by atoms with van der Waals surface area (Å²) in [4.78, 5) is 0. The first kappa shape index (κ1) is 8.10. The van der Waals surface area contributed by atoms with Gasteiger partial charge in [0.25, 0.3) is 0 Å². The Hall–Kier alpha value is -0.520. The van der Waals surface area contributed by atoms with Crippen LogP contribution in [0.15, 0.2) is 22.8 Å². The fraction of sp³-hybridized carbons (Fsp3) is 0.667. The van der Waals surface area contributed by atoms with E-state index in [1.807, 2.05) is 0 Å². The molecule has 0 atom stereocenters. The van der Waals surface area contributed by atoms with Gasteiger partial charge in [-0.15, -0.1) is 0 Å². The van der Waals surface area contributed by atoms with Gasteiger partial charge in [0.15, 0.2) is 0 Å². The number of allylic oxidation sites excluding steroid dienone is 4. The average Bonchev–Trinajstić information content (AvgIpc) is 2.30. The summed E-state index contributed by atoms with van der Waals surface area (Å²) < 4.78 is 0. The van der Waals surface area contributed by atoms with Crippen LogP contribution < -0.4 is 0 Å². The Labute approximate surface area is 75.4 Å². The van der Waals surface area contributed by atoms with E-state index in [2.05, 4.69) is 26.8 Å². The second-order valence-electron chi connectivity index (χ2n) is 4.92. The first-order chi connectivity index (χ1) is 5.59. The van der Waals surface area contributed by atoms with E-state index in [9.17, 15) is 0 Å². The highest BCUT2D eigenvalue weighted by Gasteiger charge is 2.30. The second kappa shape index (κ2) is 2.48. The minimum absolute atomic E-state index is 0.464. The Kier molecular flexibility index (Phi) is 1.67. The number of hydrogen-bond donors (Lipinski definition) is 0. The van der Waals surface area contributed by atoms with Crippen LogP contribution in [0.5, 0.6) is 0 Å². The summed E-state index contributed by atoms with van der Waals surface area (Å²) in [6.45, 7) is 7.03. The van der Waals surface area contributed by atoms with Gasteiger partial charge >= 0.3 is 0 Å². The van der Waals surface area contributed by atoms with Crippen LogP contribution in [0.4, 0.5) is 0 Å². The molecule has 0 aromatic rings. The van der Waals surface area contributed by atoms with Crippen LogP contribution in [0.2, 0.25) is 0 Å². The van der Waals surface area contributed by atoms with Crippen LogP contribution in [-0.4, -0.2) is 0 Å². The summed E-state index contributed by atoms with van der Waals surface area (Å²) in [7, 11) is 0. The SMILES string of the molecule is CC1=CC2=C(CCCC2(C)C)C1. The van der Waals surface area contributed by atoms with Crippen LogP contribution >= 0.6 is 0 Å². The summed E-state index contributed by atoms with van der Waals surface area (Å²) in [5.74, 6) is 0. The lowest BCUT2D eigenvalue weighted by atomic mass is 9.74. The smallest absolute Gasteiger partial charge is 0.0102 e. The van der Waals surface area contributed by atoms with E-state index in [-0.39, 0.29) is 0 Å². The van der Waals surface area contributed by atoms with E-state index in [0.29, 0.717) is 5.41 Å². The Morgan fingerprint density at radius 2 is 2.08 bits per heavy atom. The third-order valence-electron chi connectivity index (χ3n) is 3.27. The normalized spacial score (nSPS) is 27.1. The molecule has 0 saturated heterocycles. The molecule has 0 spiro atoms. The fourth-order valence-electron chi connectivity index (χ4n) is 2.61. The van der Waals surface area contributed by atoms with Crippen molar-refractivity contribution >= 4 is 0 Å². The predicted molar refractivity (Wildman–Crippen MR) is 53.0 cm³/mol. The van der Waals surface area contributed by atoms with Gasteiger partial charge in [-0.25, -0.2) is 0 Å². The van der Waals surface area contributed by atoms with Crippen LogP contribution in [-0.2, 0) is 0 Å². The molecule has 0 amide bonds. The third-order valence-corrected chi connectivity index (χ3v) is 3.27. The van der Waals surface area contributed by atoms with Crippen LogP contribution in [0.3, 0.4) is 0 Å². The highest BCUT2D eigenvalue weighted by atomic mass is 14.4. The van der Waals surface area contributed by atoms with Crippen molar-refractivity contribution in [3.63, 3.8) is 0 Å². The Morgan fingerprint density at radius 3 is 2.75 bits per heavy atom. The largest absolute Gasteiger partial charge is 0.0690 e. The van der Waals surface area contributed by atoms with Gasteiger partial charge in [-0.1, -0.05) is 31.1 Å². The standard InChI is InChI=1S/C12H18/c1-9-7-10-5-4-6-12(2,3)11(10)8-9/h8H,4-7H2,1-3H3. The van der Waals surface area contributed by atoms with Gasteiger partial charge in [-0.05, 0) is 43.6 Å². The molecule has 2 aliphatic carbocycles. The molecule has 0 aliphatic heterocycles. The summed E-state index contributed by atoms with van der Waals surface area (Å²) in [5.41, 5.74) is 5.41. The first-order valence-corrected chi connectivity index (χ1v) is 4.99. The number of rotatable bonds is 0. The molecule has 0 bridgehead atoms. The van der Waals surface area contributed by atoms with Crippen molar-refractivity contribution in [1.82, 2.24) is 0 Å². The first-order valence-electron chi connectivity index (χ1n) is 4.99. The highest BCUT2D eigenvalue weighted by molar-refractivity contribution is 5.43. The van der Waals surface area contributed by atoms with Crippen LogP contribution in [0.1, 0.15) is 46.5 Å². The van der Waals surface area contributed by atoms with Gasteiger partial charge in [0.2, 0.25) is 0 Å². The van der Waals surface area contributed by atoms with E-state index in [1.165, 1.54) is 25.7 Å². The van der Waals surface area contributed by atoms with Crippen molar-refractivity contribution in [1.29, 1.82) is 0 Å². The number of hydrogen-bond acceptors (Lipinski definition) is 0. The quantitative estimate of drug-likeness (QED) is 0.507. The van der Waals surface area contributed by atoms with Gasteiger partial charge < -0.3 is 0 Å². The van der Waals surface area contributed by atoms with Crippen molar-refractivity contribution in [3.05, 3.63) is 22.8 Å². The van der Waals surface area contributed by atoms with Crippen LogP contribution in [0.25, 0.3) is 0 Å². The Morgan fingerprint density at radius 1 is 1.33 bits per heavy atom. The van der Waals surface area contributed by atoms with Crippen molar-refractivity contribution in [3.8, 4) is 0 Å². The van der Waals surface area contributed by atoms with Crippen LogP contribution in [0, 0.1) is 5.41 Å². The third kappa shape index (κ3) is 1.14. The van der Waals surface area contributed by atoms with Crippen molar-refractivity contribution in [2.45, 2.75) is 46.5 Å². The molecule has 2 aliphatic rings. The molecule has 66 valence electrons. The molecular formula is C12H18. The highest BCUT2D eigenvalue weighted by Crippen LogP contribution is 2.46. The van der Waals surface area contributed by atoms with E-state index in [4.69, 9.17) is 0 Å². The monoisotopic (exact) mass is 162 g/mol. The van der Waals surface area contributed by atoms with Gasteiger partial charge in [-0.3, -0.25) is 0 Å². The summed E-state index contributed by atoms with van der Waals surface area (Å²) in [6.07, 6.45) is 7.81. The van der Waals surface area contributed by atoms with Gasteiger partial charge in [0, 0.05) is 0 Å². The molecule has 0 fully saturated rings. The molecule has 2 rings (SSSR count). The molecule has 12 heavy (non-hydrogen) atoms. The zero-order valence-electron chi connectivity index (χ0n) is 8.41. The average molecular weight is 162 g/mol. The molecule has 0 nitrogen and oxygen atoms in total. The van der Waals surface area contributed by atoms with Crippen molar-refractivity contribution in [2.75, 3.05) is 0 Å². The maximum absolute atomic E-state index is 2.43. The molecule has 0 saturated carbocycles. The zero-order valence-corrected chi connectivity index (χ0v) is 8.41. The maximum Gasteiger partial charge on any atom is -0.0102 e. The van der Waals surface area contributed by atoms with E-state index < -0.39 is 0 Å². The fourth-order valence-corrected chi connectivity index (χ4v) is 2.61. The molecule has 0 heteroatoms.